The molecule has 3 aromatic rings. The predicted molar refractivity (Wildman–Crippen MR) is 121 cm³/mol. The minimum atomic E-state index is -0.380. The van der Waals surface area contributed by atoms with Crippen molar-refractivity contribution in [2.24, 2.45) is 5.10 Å². The second-order valence-corrected chi connectivity index (χ2v) is 7.66. The Morgan fingerprint density at radius 3 is 2.48 bits per heavy atom. The van der Waals surface area contributed by atoms with Crippen LogP contribution in [0.5, 0.6) is 0 Å². The van der Waals surface area contributed by atoms with Gasteiger partial charge in [0.2, 0.25) is 0 Å². The molecule has 1 amide bonds. The summed E-state index contributed by atoms with van der Waals surface area (Å²) in [5, 5.41) is 4.09. The number of hydrogen-bond acceptors (Lipinski definition) is 4. The van der Waals surface area contributed by atoms with Crippen LogP contribution in [-0.2, 0) is 4.74 Å². The van der Waals surface area contributed by atoms with Crippen LogP contribution in [0.1, 0.15) is 37.7 Å². The van der Waals surface area contributed by atoms with Gasteiger partial charge in [0.05, 0.1) is 18.9 Å². The summed E-state index contributed by atoms with van der Waals surface area (Å²) < 4.78 is 7.89. The minimum absolute atomic E-state index is 0.266. The van der Waals surface area contributed by atoms with Crippen LogP contribution in [0.4, 0.5) is 0 Å². The molecule has 0 radical (unpaired) electrons. The first-order chi connectivity index (χ1) is 13.9. The van der Waals surface area contributed by atoms with Crippen molar-refractivity contribution in [2.45, 2.75) is 13.8 Å². The lowest BCUT2D eigenvalue weighted by atomic mass is 10.2. The van der Waals surface area contributed by atoms with E-state index in [4.69, 9.17) is 4.74 Å². The lowest BCUT2D eigenvalue weighted by Crippen LogP contribution is -2.17. The first kappa shape index (κ1) is 20.8. The van der Waals surface area contributed by atoms with E-state index in [0.29, 0.717) is 11.1 Å². The van der Waals surface area contributed by atoms with Gasteiger partial charge in [-0.25, -0.2) is 10.2 Å². The van der Waals surface area contributed by atoms with Gasteiger partial charge in [-0.3, -0.25) is 4.79 Å². The van der Waals surface area contributed by atoms with Gasteiger partial charge in [0.15, 0.2) is 0 Å². The number of carbonyl (C=O) groups is 2. The highest BCUT2D eigenvalue weighted by molar-refractivity contribution is 14.1. The zero-order valence-corrected chi connectivity index (χ0v) is 18.4. The molecule has 3 rings (SSSR count). The maximum atomic E-state index is 12.2. The third-order valence-corrected chi connectivity index (χ3v) is 5.19. The van der Waals surface area contributed by atoms with Crippen LogP contribution in [-0.4, -0.2) is 29.8 Å². The standard InChI is InChI=1S/C22H20IN3O3/c1-14-11-18(13-24-25-21(27)16-7-9-19(23)10-8-16)15(2)26(14)20-6-4-5-17(12-20)22(28)29-3/h4-13H,1-3H3,(H,25,27)/b24-13-. The van der Waals surface area contributed by atoms with Crippen molar-refractivity contribution in [2.75, 3.05) is 7.11 Å². The van der Waals surface area contributed by atoms with E-state index < -0.39 is 0 Å². The third kappa shape index (κ3) is 4.73. The van der Waals surface area contributed by atoms with E-state index in [1.807, 2.05) is 48.7 Å². The average Bonchev–Trinajstić information content (AvgIpc) is 3.01. The minimum Gasteiger partial charge on any atom is -0.465 e. The molecule has 6 nitrogen and oxygen atoms in total. The molecule has 29 heavy (non-hydrogen) atoms. The summed E-state index contributed by atoms with van der Waals surface area (Å²) >= 11 is 2.19. The highest BCUT2D eigenvalue weighted by atomic mass is 127. The van der Waals surface area contributed by atoms with E-state index in [1.165, 1.54) is 7.11 Å². The molecule has 1 heterocycles. The van der Waals surface area contributed by atoms with Crippen molar-refractivity contribution in [3.63, 3.8) is 0 Å². The van der Waals surface area contributed by atoms with E-state index >= 15 is 0 Å². The van der Waals surface area contributed by atoms with Crippen molar-refractivity contribution in [1.82, 2.24) is 9.99 Å². The molecule has 148 valence electrons. The summed E-state index contributed by atoms with van der Waals surface area (Å²) in [7, 11) is 1.36. The molecule has 0 aliphatic rings. The second-order valence-electron chi connectivity index (χ2n) is 6.41. The summed E-state index contributed by atoms with van der Waals surface area (Å²) in [6.07, 6.45) is 1.62. The highest BCUT2D eigenvalue weighted by Crippen LogP contribution is 2.21. The number of rotatable bonds is 5. The number of nitrogens with zero attached hydrogens (tertiary/aromatic N) is 2. The van der Waals surface area contributed by atoms with Crippen molar-refractivity contribution >= 4 is 40.7 Å². The van der Waals surface area contributed by atoms with E-state index in [2.05, 4.69) is 33.1 Å². The molecule has 2 aromatic carbocycles. The van der Waals surface area contributed by atoms with Crippen LogP contribution in [0.15, 0.2) is 59.7 Å². The second kappa shape index (κ2) is 9.04. The zero-order valence-electron chi connectivity index (χ0n) is 16.3. The van der Waals surface area contributed by atoms with Crippen LogP contribution in [0, 0.1) is 17.4 Å². The number of benzene rings is 2. The SMILES string of the molecule is COC(=O)c1cccc(-n2c(C)cc(/C=N\NC(=O)c3ccc(I)cc3)c2C)c1. The Hall–Kier alpha value is -2.94. The summed E-state index contributed by atoms with van der Waals surface area (Å²) in [6, 6.07) is 16.5. The van der Waals surface area contributed by atoms with E-state index in [9.17, 15) is 9.59 Å². The third-order valence-electron chi connectivity index (χ3n) is 4.47. The number of amides is 1. The van der Waals surface area contributed by atoms with Crippen LogP contribution >= 0.6 is 22.6 Å². The lowest BCUT2D eigenvalue weighted by Gasteiger charge is -2.10. The number of methoxy groups -OCH3 is 1. The monoisotopic (exact) mass is 501 g/mol. The van der Waals surface area contributed by atoms with Crippen LogP contribution in [0.3, 0.4) is 0 Å². The molecule has 1 aromatic heterocycles. The number of aryl methyl sites for hydroxylation is 1. The fourth-order valence-corrected chi connectivity index (χ4v) is 3.39. The van der Waals surface area contributed by atoms with Gasteiger partial charge in [-0.2, -0.15) is 5.10 Å². The number of esters is 1. The predicted octanol–water partition coefficient (Wildman–Crippen LogP) is 4.25. The molecule has 0 saturated carbocycles. The molecule has 0 aliphatic carbocycles. The molecule has 0 fully saturated rings. The first-order valence-corrected chi connectivity index (χ1v) is 9.95. The number of nitrogens with one attached hydrogen (secondary N) is 1. The Bertz CT molecular complexity index is 1090. The Balaban J connectivity index is 1.81. The maximum absolute atomic E-state index is 12.2. The topological polar surface area (TPSA) is 72.7 Å². The molecular formula is C22H20IN3O3. The van der Waals surface area contributed by atoms with Crippen molar-refractivity contribution in [3.8, 4) is 5.69 Å². The zero-order chi connectivity index (χ0) is 21.0. The summed E-state index contributed by atoms with van der Waals surface area (Å²) in [5.41, 5.74) is 7.23. The number of carbonyl (C=O) groups excluding carboxylic acids is 2. The average molecular weight is 501 g/mol. The Kier molecular flexibility index (Phi) is 6.48. The number of aromatic nitrogens is 1. The van der Waals surface area contributed by atoms with Crippen molar-refractivity contribution in [3.05, 3.63) is 86.2 Å². The fourth-order valence-electron chi connectivity index (χ4n) is 3.03. The maximum Gasteiger partial charge on any atom is 0.337 e. The van der Waals surface area contributed by atoms with Crippen LogP contribution < -0.4 is 5.43 Å². The molecule has 0 aliphatic heterocycles. The first-order valence-electron chi connectivity index (χ1n) is 8.87. The smallest absolute Gasteiger partial charge is 0.337 e. The molecule has 0 unspecified atom stereocenters. The molecular weight excluding hydrogens is 481 g/mol. The van der Waals surface area contributed by atoms with Gasteiger partial charge in [0, 0.05) is 31.8 Å². The van der Waals surface area contributed by atoms with E-state index in [-0.39, 0.29) is 11.9 Å². The number of hydrogen-bond donors (Lipinski definition) is 1. The molecule has 0 saturated heterocycles. The molecule has 7 heteroatoms. The largest absolute Gasteiger partial charge is 0.465 e. The number of halogens is 1. The summed E-state index contributed by atoms with van der Waals surface area (Å²) in [6.45, 7) is 3.93. The molecule has 0 spiro atoms. The van der Waals surface area contributed by atoms with E-state index in [1.54, 1.807) is 30.5 Å². The quantitative estimate of drug-likeness (QED) is 0.246. The van der Waals surface area contributed by atoms with Gasteiger partial charge in [-0.05, 0) is 85.0 Å². The van der Waals surface area contributed by atoms with Crippen LogP contribution in [0.2, 0.25) is 0 Å². The highest BCUT2D eigenvalue weighted by Gasteiger charge is 2.12. The van der Waals surface area contributed by atoms with E-state index in [0.717, 1.165) is 26.2 Å². The summed E-state index contributed by atoms with van der Waals surface area (Å²) in [4.78, 5) is 24.0. The molecule has 0 atom stereocenters. The van der Waals surface area contributed by atoms with Gasteiger partial charge in [0.25, 0.3) is 5.91 Å². The van der Waals surface area contributed by atoms with Gasteiger partial charge in [-0.1, -0.05) is 6.07 Å². The number of ether oxygens (including phenoxy) is 1. The van der Waals surface area contributed by atoms with Crippen LogP contribution in [0.25, 0.3) is 5.69 Å². The fraction of sp³-hybridized carbons (Fsp3) is 0.136. The Morgan fingerprint density at radius 2 is 1.79 bits per heavy atom. The normalized spacial score (nSPS) is 10.9. The summed E-state index contributed by atoms with van der Waals surface area (Å²) in [5.74, 6) is -0.647. The lowest BCUT2D eigenvalue weighted by molar-refractivity contribution is 0.0600. The Morgan fingerprint density at radius 1 is 1.07 bits per heavy atom. The molecule has 0 bridgehead atoms. The van der Waals surface area contributed by atoms with Gasteiger partial charge < -0.3 is 9.30 Å². The number of hydrazone groups is 1. The molecule has 1 N–H and O–H groups in total. The van der Waals surface area contributed by atoms with Gasteiger partial charge in [-0.15, -0.1) is 0 Å². The van der Waals surface area contributed by atoms with Crippen molar-refractivity contribution in [1.29, 1.82) is 0 Å². The Labute approximate surface area is 182 Å². The van der Waals surface area contributed by atoms with Gasteiger partial charge in [0.1, 0.15) is 0 Å². The van der Waals surface area contributed by atoms with Gasteiger partial charge >= 0.3 is 5.97 Å². The van der Waals surface area contributed by atoms with Crippen molar-refractivity contribution < 1.29 is 14.3 Å².